The van der Waals surface area contributed by atoms with Crippen LogP contribution in [0.15, 0.2) is 0 Å². The summed E-state index contributed by atoms with van der Waals surface area (Å²) in [6.07, 6.45) is 0. The Balaban J connectivity index is -0.000000000833. The fourth-order valence-electron chi connectivity index (χ4n) is 0. The van der Waals surface area contributed by atoms with Gasteiger partial charge in [0.25, 0.3) is 0 Å². The first kappa shape index (κ1) is 24.3. The molecule has 0 N–H and O–H groups in total. The van der Waals surface area contributed by atoms with Gasteiger partial charge in [-0.05, 0) is 0 Å². The van der Waals surface area contributed by atoms with Crippen LogP contribution in [0.2, 0.25) is 0 Å². The first-order valence-electron chi connectivity index (χ1n) is 0.204. The molecule has 0 aromatic rings. The van der Waals surface area contributed by atoms with Gasteiger partial charge in [-0.1, -0.05) is 0 Å². The van der Waals surface area contributed by atoms with E-state index in [0.717, 1.165) is 0 Å². The quantitative estimate of drug-likeness (QED) is 0.413. The van der Waals surface area contributed by atoms with E-state index in [1.807, 2.05) is 0 Å². The molecule has 0 aliphatic heterocycles. The van der Waals surface area contributed by atoms with E-state index in [9.17, 15) is 0 Å². The van der Waals surface area contributed by atoms with Crippen molar-refractivity contribution in [3.05, 3.63) is 0 Å². The van der Waals surface area contributed by atoms with Crippen molar-refractivity contribution in [1.29, 1.82) is 0 Å². The van der Waals surface area contributed by atoms with Gasteiger partial charge < -0.3 is 1.43 Å². The molecular formula is H4GaLaLiOZr. The molecule has 0 aromatic heterocycles. The maximum atomic E-state index is 8.34. The monoisotopic (exact) mass is 325 g/mol. The molecule has 0 rings (SSSR count). The van der Waals surface area contributed by atoms with Gasteiger partial charge in [0.2, 0.25) is 0 Å². The molecule has 0 spiro atoms. The Morgan fingerprint density at radius 1 is 1.40 bits per heavy atom. The third-order valence-corrected chi connectivity index (χ3v) is 0. The van der Waals surface area contributed by atoms with E-state index >= 15 is 0 Å². The summed E-state index contributed by atoms with van der Waals surface area (Å²) >= 11 is 0.300. The van der Waals surface area contributed by atoms with E-state index in [0.29, 0.717) is 24.7 Å². The summed E-state index contributed by atoms with van der Waals surface area (Å²) in [5, 5.41) is 0. The van der Waals surface area contributed by atoms with Crippen LogP contribution in [0.1, 0.15) is 1.43 Å². The summed E-state index contributed by atoms with van der Waals surface area (Å²) < 4.78 is 8.34. The molecule has 0 unspecified atom stereocenters. The van der Waals surface area contributed by atoms with Gasteiger partial charge in [-0.3, -0.25) is 0 Å². The second-order valence-corrected chi connectivity index (χ2v) is 0. The predicted octanol–water partition coefficient (Wildman–Crippen LogP) is -4.19. The van der Waals surface area contributed by atoms with E-state index in [-0.39, 0.29) is 75.7 Å². The molecule has 21 valence electrons. The molecule has 0 aliphatic carbocycles. The number of hydrogen-bond donors (Lipinski definition) is 0. The van der Waals surface area contributed by atoms with Crippen LogP contribution in [-0.2, 0) is 27.5 Å². The SMILES string of the molecule is [GaH3].[H-].[La].[Li+].[O]=[Zr]. The second kappa shape index (κ2) is 27.4. The Morgan fingerprint density at radius 3 is 1.40 bits per heavy atom. The summed E-state index contributed by atoms with van der Waals surface area (Å²) in [6.45, 7) is 0. The van der Waals surface area contributed by atoms with Gasteiger partial charge >= 0.3 is 66.2 Å². The van der Waals surface area contributed by atoms with E-state index in [1.54, 1.807) is 0 Å². The maximum absolute atomic E-state index is 8.34. The Morgan fingerprint density at radius 2 is 1.40 bits per heavy atom. The van der Waals surface area contributed by atoms with E-state index < -0.39 is 0 Å². The fraction of sp³-hybridized carbons (Fsp3) is 0. The van der Waals surface area contributed by atoms with Crippen molar-refractivity contribution in [3.63, 3.8) is 0 Å². The second-order valence-electron chi connectivity index (χ2n) is 0. The van der Waals surface area contributed by atoms with Crippen LogP contribution in [0.25, 0.3) is 0 Å². The summed E-state index contributed by atoms with van der Waals surface area (Å²) in [6, 6.07) is 0. The minimum atomic E-state index is 0. The third-order valence-electron chi connectivity index (χ3n) is 0. The van der Waals surface area contributed by atoms with Crippen molar-refractivity contribution in [3.8, 4) is 0 Å². The molecule has 1 radical (unpaired) electrons. The van der Waals surface area contributed by atoms with E-state index in [4.69, 9.17) is 2.81 Å². The minimum absolute atomic E-state index is 0. The van der Waals surface area contributed by atoms with E-state index in [1.165, 1.54) is 0 Å². The summed E-state index contributed by atoms with van der Waals surface area (Å²) in [5.41, 5.74) is 0. The summed E-state index contributed by atoms with van der Waals surface area (Å²) in [7, 11) is 0. The average Bonchev–Trinajstić information content (AvgIpc) is 1.00. The average molecular weight is 327 g/mol. The normalized spacial score (nSPS) is 0.600. The van der Waals surface area contributed by atoms with Gasteiger partial charge in [-0.15, -0.1) is 0 Å². The van der Waals surface area contributed by atoms with Gasteiger partial charge in [0.15, 0.2) is 0 Å². The molecule has 0 saturated heterocycles. The first-order valence-corrected chi connectivity index (χ1v) is 1.21. The first-order chi connectivity index (χ1) is 1.00. The van der Waals surface area contributed by atoms with E-state index in [2.05, 4.69) is 0 Å². The van der Waals surface area contributed by atoms with Crippen molar-refractivity contribution >= 4 is 19.8 Å². The van der Waals surface area contributed by atoms with Crippen LogP contribution >= 0.6 is 0 Å². The standard InChI is InChI=1S/Ga.La.Li.O.Zr.4H/q;;+1;;;;;;-1. The molecule has 5 heavy (non-hydrogen) atoms. The van der Waals surface area contributed by atoms with Gasteiger partial charge in [-0.2, -0.15) is 0 Å². The van der Waals surface area contributed by atoms with Crippen LogP contribution in [0.3, 0.4) is 0 Å². The van der Waals surface area contributed by atoms with Crippen molar-refractivity contribution in [2.45, 2.75) is 0 Å². The van der Waals surface area contributed by atoms with Crippen LogP contribution in [-0.4, -0.2) is 19.8 Å². The number of hydrogen-bond acceptors (Lipinski definition) is 1. The molecule has 1 nitrogen and oxygen atoms in total. The molecule has 5 heteroatoms. The summed E-state index contributed by atoms with van der Waals surface area (Å²) in [5.74, 6) is 0. The zero-order valence-electron chi connectivity index (χ0n) is 3.49. The molecule has 0 aromatic carbocycles. The van der Waals surface area contributed by atoms with Gasteiger partial charge in [0.1, 0.15) is 0 Å². The predicted molar refractivity (Wildman–Crippen MR) is 11.7 cm³/mol. The Labute approximate surface area is 101 Å². The molecule has 0 atom stereocenters. The Hall–Kier alpha value is 3.11. The van der Waals surface area contributed by atoms with Gasteiger partial charge in [0, 0.05) is 35.6 Å². The van der Waals surface area contributed by atoms with Crippen LogP contribution in [0.4, 0.5) is 0 Å². The van der Waals surface area contributed by atoms with Crippen molar-refractivity contribution in [1.82, 2.24) is 0 Å². The number of rotatable bonds is 0. The van der Waals surface area contributed by atoms with Crippen LogP contribution in [0.5, 0.6) is 0 Å². The molecule has 0 aliphatic rings. The topological polar surface area (TPSA) is 17.1 Å². The fourth-order valence-corrected chi connectivity index (χ4v) is 0. The van der Waals surface area contributed by atoms with Crippen LogP contribution in [0, 0.1) is 35.6 Å². The summed E-state index contributed by atoms with van der Waals surface area (Å²) in [4.78, 5) is 0. The molecule has 0 amide bonds. The molecule has 0 fully saturated rings. The zero-order valence-corrected chi connectivity index (χ0v) is 8.57. The van der Waals surface area contributed by atoms with Crippen LogP contribution < -0.4 is 18.9 Å². The van der Waals surface area contributed by atoms with Crippen molar-refractivity contribution in [2.24, 2.45) is 0 Å². The van der Waals surface area contributed by atoms with Crippen molar-refractivity contribution in [2.75, 3.05) is 0 Å². The third kappa shape index (κ3) is 19.2. The Bertz CT molecular complexity index is 15.5. The Kier molecular flexibility index (Phi) is 133. The molecule has 0 heterocycles. The van der Waals surface area contributed by atoms with Gasteiger partial charge in [-0.25, -0.2) is 0 Å². The molecule has 0 saturated carbocycles. The molecular weight excluding hydrogens is 323 g/mol. The molecule has 0 bridgehead atoms. The van der Waals surface area contributed by atoms with Crippen molar-refractivity contribution < 1.29 is 83.4 Å². The zero-order chi connectivity index (χ0) is 2.00. The van der Waals surface area contributed by atoms with Gasteiger partial charge in [0.05, 0.1) is 0 Å².